The molecule has 0 radical (unpaired) electrons. The Kier molecular flexibility index (Phi) is 8.43. The zero-order chi connectivity index (χ0) is 22.3. The summed E-state index contributed by atoms with van der Waals surface area (Å²) >= 11 is 0. The van der Waals surface area contributed by atoms with Crippen LogP contribution in [0.4, 0.5) is 0 Å². The lowest BCUT2D eigenvalue weighted by Gasteiger charge is -2.45. The van der Waals surface area contributed by atoms with Crippen LogP contribution in [-0.2, 0) is 37.3 Å². The van der Waals surface area contributed by atoms with Crippen molar-refractivity contribution in [2.24, 2.45) is 5.92 Å². The zero-order valence-corrected chi connectivity index (χ0v) is 19.0. The minimum atomic E-state index is -3.61. The van der Waals surface area contributed by atoms with Gasteiger partial charge in [0.15, 0.2) is 15.3 Å². The van der Waals surface area contributed by atoms with Crippen molar-refractivity contribution in [1.82, 2.24) is 0 Å². The molecule has 1 saturated heterocycles. The molecule has 31 heavy (non-hydrogen) atoms. The predicted molar refractivity (Wildman–Crippen MR) is 122 cm³/mol. The van der Waals surface area contributed by atoms with Gasteiger partial charge >= 0.3 is 0 Å². The van der Waals surface area contributed by atoms with Crippen LogP contribution < -0.4 is 0 Å². The van der Waals surface area contributed by atoms with Crippen molar-refractivity contribution in [1.29, 1.82) is 0 Å². The summed E-state index contributed by atoms with van der Waals surface area (Å²) in [6, 6.07) is 19.6. The van der Waals surface area contributed by atoms with E-state index in [1.807, 2.05) is 74.5 Å². The molecule has 1 aliphatic rings. The molecule has 1 fully saturated rings. The van der Waals surface area contributed by atoms with E-state index < -0.39 is 27.5 Å². The van der Waals surface area contributed by atoms with Crippen LogP contribution in [0.5, 0.6) is 0 Å². The maximum absolute atomic E-state index is 13.1. The third-order valence-corrected chi connectivity index (χ3v) is 7.47. The first kappa shape index (κ1) is 23.7. The second-order valence-electron chi connectivity index (χ2n) is 7.95. The average molecular weight is 445 g/mol. The molecule has 6 heteroatoms. The first-order chi connectivity index (χ1) is 15.0. The summed E-state index contributed by atoms with van der Waals surface area (Å²) in [5, 5.41) is 0. The highest BCUT2D eigenvalue weighted by atomic mass is 32.2. The second kappa shape index (κ2) is 11.0. The minimum Gasteiger partial charge on any atom is -0.370 e. The van der Waals surface area contributed by atoms with E-state index >= 15 is 0 Å². The molecule has 1 unspecified atom stereocenters. The van der Waals surface area contributed by atoms with E-state index in [1.54, 1.807) is 0 Å². The lowest BCUT2D eigenvalue weighted by Crippen LogP contribution is -2.58. The van der Waals surface area contributed by atoms with Crippen molar-refractivity contribution in [3.8, 4) is 0 Å². The molecule has 0 amide bonds. The molecule has 0 aliphatic carbocycles. The Morgan fingerprint density at radius 2 is 1.45 bits per heavy atom. The molecule has 1 heterocycles. The van der Waals surface area contributed by atoms with Gasteiger partial charge in [0, 0.05) is 5.92 Å². The van der Waals surface area contributed by atoms with E-state index in [0.717, 1.165) is 11.1 Å². The standard InChI is InChI=1S/C25H32O5S/c1-4-16-31(26,27)25-24(29-18-21-14-10-7-11-15-21)23(19(3)22(5-2)30-25)28-17-20-12-8-6-9-13-20/h4,6-15,19,22-25H,1,5,16-18H2,2-3H3/t19-,22-,23+,24-,25?/m1/s1. The maximum atomic E-state index is 13.1. The Hall–Kier alpha value is -1.99. The first-order valence-corrected chi connectivity index (χ1v) is 12.5. The topological polar surface area (TPSA) is 61.8 Å². The highest BCUT2D eigenvalue weighted by Gasteiger charge is 2.49. The fourth-order valence-electron chi connectivity index (χ4n) is 4.01. The summed E-state index contributed by atoms with van der Waals surface area (Å²) < 4.78 is 44.8. The van der Waals surface area contributed by atoms with Crippen molar-refractivity contribution in [2.45, 2.75) is 57.2 Å². The van der Waals surface area contributed by atoms with Gasteiger partial charge in [-0.15, -0.1) is 6.58 Å². The largest absolute Gasteiger partial charge is 0.370 e. The van der Waals surface area contributed by atoms with E-state index in [1.165, 1.54) is 6.08 Å². The Bertz CT molecular complexity index is 913. The fraction of sp³-hybridized carbons (Fsp3) is 0.440. The van der Waals surface area contributed by atoms with E-state index in [9.17, 15) is 8.42 Å². The van der Waals surface area contributed by atoms with Gasteiger partial charge in [0.1, 0.15) is 6.10 Å². The van der Waals surface area contributed by atoms with E-state index in [0.29, 0.717) is 13.0 Å². The zero-order valence-electron chi connectivity index (χ0n) is 18.2. The molecule has 0 bridgehead atoms. The number of sulfone groups is 1. The first-order valence-electron chi connectivity index (χ1n) is 10.7. The summed E-state index contributed by atoms with van der Waals surface area (Å²) in [5.41, 5.74) is 0.895. The van der Waals surface area contributed by atoms with Gasteiger partial charge in [0.2, 0.25) is 0 Å². The average Bonchev–Trinajstić information content (AvgIpc) is 2.78. The number of hydrogen-bond donors (Lipinski definition) is 0. The molecule has 5 atom stereocenters. The molecule has 0 spiro atoms. The smallest absolute Gasteiger partial charge is 0.187 e. The van der Waals surface area contributed by atoms with Crippen LogP contribution in [0.2, 0.25) is 0 Å². The van der Waals surface area contributed by atoms with Gasteiger partial charge in [0.25, 0.3) is 0 Å². The predicted octanol–water partition coefficient (Wildman–Crippen LogP) is 4.53. The van der Waals surface area contributed by atoms with Crippen LogP contribution in [0.1, 0.15) is 31.4 Å². The van der Waals surface area contributed by atoms with Gasteiger partial charge in [-0.3, -0.25) is 0 Å². The Morgan fingerprint density at radius 1 is 0.935 bits per heavy atom. The minimum absolute atomic E-state index is 0.0235. The van der Waals surface area contributed by atoms with E-state index in [4.69, 9.17) is 14.2 Å². The third kappa shape index (κ3) is 6.04. The number of ether oxygens (including phenoxy) is 3. The normalized spacial score (nSPS) is 26.5. The van der Waals surface area contributed by atoms with Crippen LogP contribution in [0.25, 0.3) is 0 Å². The summed E-state index contributed by atoms with van der Waals surface area (Å²) in [4.78, 5) is 0. The van der Waals surface area contributed by atoms with Gasteiger partial charge in [-0.1, -0.05) is 80.6 Å². The lowest BCUT2D eigenvalue weighted by atomic mass is 9.89. The fourth-order valence-corrected chi connectivity index (χ4v) is 5.48. The van der Waals surface area contributed by atoms with Crippen molar-refractivity contribution in [3.63, 3.8) is 0 Å². The van der Waals surface area contributed by atoms with Gasteiger partial charge < -0.3 is 14.2 Å². The Morgan fingerprint density at radius 3 is 1.94 bits per heavy atom. The lowest BCUT2D eigenvalue weighted by molar-refractivity contribution is -0.210. The van der Waals surface area contributed by atoms with Gasteiger partial charge in [-0.05, 0) is 17.5 Å². The van der Waals surface area contributed by atoms with Crippen LogP contribution in [0, 0.1) is 5.92 Å². The molecule has 5 nitrogen and oxygen atoms in total. The third-order valence-electron chi connectivity index (χ3n) is 5.68. The van der Waals surface area contributed by atoms with Crippen molar-refractivity contribution >= 4 is 9.84 Å². The van der Waals surface area contributed by atoms with E-state index in [-0.39, 0.29) is 24.4 Å². The number of benzene rings is 2. The van der Waals surface area contributed by atoms with Crippen LogP contribution in [0.15, 0.2) is 73.3 Å². The van der Waals surface area contributed by atoms with Crippen LogP contribution >= 0.6 is 0 Å². The quantitative estimate of drug-likeness (QED) is 0.504. The highest BCUT2D eigenvalue weighted by Crippen LogP contribution is 2.35. The van der Waals surface area contributed by atoms with Crippen LogP contribution in [-0.4, -0.2) is 37.9 Å². The van der Waals surface area contributed by atoms with Crippen molar-refractivity contribution in [3.05, 3.63) is 84.4 Å². The Labute approximate surface area is 186 Å². The molecular weight excluding hydrogens is 412 g/mol. The van der Waals surface area contributed by atoms with Gasteiger partial charge in [0.05, 0.1) is 31.2 Å². The number of hydrogen-bond acceptors (Lipinski definition) is 5. The van der Waals surface area contributed by atoms with Crippen LogP contribution in [0.3, 0.4) is 0 Å². The monoisotopic (exact) mass is 444 g/mol. The summed E-state index contributed by atoms with van der Waals surface area (Å²) in [5.74, 6) is -0.191. The molecule has 168 valence electrons. The molecule has 0 saturated carbocycles. The number of rotatable bonds is 10. The molecule has 2 aromatic carbocycles. The summed E-state index contributed by atoms with van der Waals surface area (Å²) in [6.45, 7) is 8.30. The highest BCUT2D eigenvalue weighted by molar-refractivity contribution is 7.92. The summed E-state index contributed by atoms with van der Waals surface area (Å²) in [6.07, 6.45) is 0.685. The maximum Gasteiger partial charge on any atom is 0.187 e. The molecule has 1 aliphatic heterocycles. The van der Waals surface area contributed by atoms with Crippen molar-refractivity contribution in [2.75, 3.05) is 5.75 Å². The molecular formula is C25H32O5S. The Balaban J connectivity index is 1.88. The van der Waals surface area contributed by atoms with Crippen molar-refractivity contribution < 1.29 is 22.6 Å². The molecule has 0 aromatic heterocycles. The summed E-state index contributed by atoms with van der Waals surface area (Å²) in [7, 11) is -3.61. The molecule has 3 rings (SSSR count). The molecule has 0 N–H and O–H groups in total. The SMILES string of the molecule is C=CCS(=O)(=O)C1O[C@H](CC)[C@@H](C)[C@H](OCc2ccccc2)[C@H]1OCc1ccccc1. The van der Waals surface area contributed by atoms with E-state index in [2.05, 4.69) is 6.58 Å². The van der Waals surface area contributed by atoms with Gasteiger partial charge in [-0.2, -0.15) is 0 Å². The molecule has 2 aromatic rings. The van der Waals surface area contributed by atoms with Gasteiger partial charge in [-0.25, -0.2) is 8.42 Å². The second-order valence-corrected chi connectivity index (χ2v) is 10.1.